The first-order valence-electron chi connectivity index (χ1n) is 13.8. The Morgan fingerprint density at radius 1 is 0.757 bits per heavy atom. The van der Waals surface area contributed by atoms with Gasteiger partial charge in [-0.2, -0.15) is 0 Å². The van der Waals surface area contributed by atoms with Crippen molar-refractivity contribution in [1.82, 2.24) is 30.6 Å². The van der Waals surface area contributed by atoms with Gasteiger partial charge in [-0.3, -0.25) is 0 Å². The van der Waals surface area contributed by atoms with Crippen LogP contribution in [0.25, 0.3) is 33.6 Å². The van der Waals surface area contributed by atoms with Crippen LogP contribution in [0.3, 0.4) is 0 Å². The van der Waals surface area contributed by atoms with Crippen LogP contribution in [0.4, 0.5) is 4.39 Å². The highest BCUT2D eigenvalue weighted by atomic mass is 19.1. The lowest BCUT2D eigenvalue weighted by Crippen LogP contribution is -2.18. The van der Waals surface area contributed by atoms with Gasteiger partial charge in [-0.1, -0.05) is 24.3 Å². The highest BCUT2D eigenvalue weighted by Gasteiger charge is 2.47. The SMILES string of the molecule is Fc1cc(-c2ccc3c(c2)CCc2[nH]c([C@@H]4C[C@H]5C[C@H]5N4)nc2-3)ccc1-c1cnc([C@@H]2C[C@H]3C[C@H]3N2)[nH]1. The molecule has 0 spiro atoms. The van der Waals surface area contributed by atoms with Crippen molar-refractivity contribution in [3.05, 3.63) is 71.3 Å². The quantitative estimate of drug-likeness (QED) is 0.315. The third-order valence-corrected chi connectivity index (χ3v) is 9.40. The Bertz CT molecular complexity index is 1550. The molecule has 2 aromatic heterocycles. The Hall–Kier alpha value is -3.29. The summed E-state index contributed by atoms with van der Waals surface area (Å²) >= 11 is 0. The van der Waals surface area contributed by atoms with Gasteiger partial charge in [-0.05, 0) is 79.2 Å². The molecule has 4 aromatic rings. The van der Waals surface area contributed by atoms with Crippen LogP contribution in [0.15, 0.2) is 42.6 Å². The molecule has 37 heavy (non-hydrogen) atoms. The monoisotopic (exact) mass is 492 g/mol. The van der Waals surface area contributed by atoms with Gasteiger partial charge in [0, 0.05) is 28.9 Å². The molecule has 4 fully saturated rings. The summed E-state index contributed by atoms with van der Waals surface area (Å²) in [7, 11) is 0. The van der Waals surface area contributed by atoms with Gasteiger partial charge in [0.25, 0.3) is 0 Å². The number of aromatic nitrogens is 4. The third kappa shape index (κ3) is 3.30. The van der Waals surface area contributed by atoms with E-state index in [2.05, 4.69) is 43.8 Å². The van der Waals surface area contributed by atoms with E-state index in [0.29, 0.717) is 23.7 Å². The van der Waals surface area contributed by atoms with E-state index in [1.807, 2.05) is 12.1 Å². The molecule has 2 aliphatic heterocycles. The summed E-state index contributed by atoms with van der Waals surface area (Å²) < 4.78 is 15.3. The van der Waals surface area contributed by atoms with Crippen LogP contribution in [-0.2, 0) is 12.8 Å². The fourth-order valence-corrected chi connectivity index (χ4v) is 7.10. The first-order valence-corrected chi connectivity index (χ1v) is 13.8. The van der Waals surface area contributed by atoms with Gasteiger partial charge in [0.1, 0.15) is 17.5 Å². The van der Waals surface area contributed by atoms with Crippen molar-refractivity contribution in [3.63, 3.8) is 0 Å². The van der Waals surface area contributed by atoms with Crippen LogP contribution in [0.2, 0.25) is 0 Å². The molecule has 186 valence electrons. The maximum atomic E-state index is 15.3. The maximum absolute atomic E-state index is 15.3. The highest BCUT2D eigenvalue weighted by molar-refractivity contribution is 5.76. The number of halogens is 1. The number of aromatic amines is 2. The van der Waals surface area contributed by atoms with Gasteiger partial charge >= 0.3 is 0 Å². The summed E-state index contributed by atoms with van der Waals surface area (Å²) in [6, 6.07) is 14.0. The second kappa shape index (κ2) is 7.39. The number of imidazole rings is 2. The predicted octanol–water partition coefficient (Wildman–Crippen LogP) is 5.22. The minimum absolute atomic E-state index is 0.228. The number of hydrogen-bond acceptors (Lipinski definition) is 4. The number of aryl methyl sites for hydroxylation is 2. The topological polar surface area (TPSA) is 81.4 Å². The summed E-state index contributed by atoms with van der Waals surface area (Å²) in [6.45, 7) is 0. The van der Waals surface area contributed by atoms with Gasteiger partial charge in [-0.25, -0.2) is 14.4 Å². The molecule has 5 aliphatic rings. The van der Waals surface area contributed by atoms with Gasteiger partial charge in [0.2, 0.25) is 0 Å². The lowest BCUT2D eigenvalue weighted by Gasteiger charge is -2.16. The zero-order valence-corrected chi connectivity index (χ0v) is 20.5. The summed E-state index contributed by atoms with van der Waals surface area (Å²) in [4.78, 5) is 16.6. The number of nitrogens with zero attached hydrogens (tertiary/aromatic N) is 2. The Balaban J connectivity index is 0.985. The van der Waals surface area contributed by atoms with Gasteiger partial charge < -0.3 is 20.6 Å². The first kappa shape index (κ1) is 20.7. The van der Waals surface area contributed by atoms with Crippen LogP contribution in [0.5, 0.6) is 0 Å². The molecule has 2 aromatic carbocycles. The normalized spacial score (nSPS) is 30.5. The number of rotatable bonds is 4. The van der Waals surface area contributed by atoms with E-state index in [1.54, 1.807) is 12.3 Å². The molecule has 0 amide bonds. The summed E-state index contributed by atoms with van der Waals surface area (Å²) in [5.74, 6) is 3.42. The average Bonchev–Trinajstić information content (AvgIpc) is 3.50. The van der Waals surface area contributed by atoms with Crippen molar-refractivity contribution in [1.29, 1.82) is 0 Å². The van der Waals surface area contributed by atoms with E-state index >= 15 is 4.39 Å². The number of hydrogen-bond donors (Lipinski definition) is 4. The molecule has 4 heterocycles. The molecular formula is C30H29FN6. The largest absolute Gasteiger partial charge is 0.344 e. The van der Waals surface area contributed by atoms with Gasteiger partial charge in [0.05, 0.1) is 29.7 Å². The van der Waals surface area contributed by atoms with Crippen LogP contribution in [-0.4, -0.2) is 32.0 Å². The Morgan fingerprint density at radius 3 is 2.22 bits per heavy atom. The minimum atomic E-state index is -0.228. The number of piperidine rings is 2. The van der Waals surface area contributed by atoms with Gasteiger partial charge in [-0.15, -0.1) is 0 Å². The molecule has 2 saturated carbocycles. The van der Waals surface area contributed by atoms with E-state index in [4.69, 9.17) is 4.98 Å². The van der Waals surface area contributed by atoms with Crippen molar-refractivity contribution < 1.29 is 4.39 Å². The molecule has 0 unspecified atom stereocenters. The molecule has 2 saturated heterocycles. The minimum Gasteiger partial charge on any atom is -0.344 e. The molecule has 0 radical (unpaired) electrons. The molecule has 9 rings (SSSR count). The van der Waals surface area contributed by atoms with Crippen LogP contribution >= 0.6 is 0 Å². The van der Waals surface area contributed by atoms with E-state index < -0.39 is 0 Å². The van der Waals surface area contributed by atoms with Crippen LogP contribution in [0.1, 0.15) is 60.7 Å². The third-order valence-electron chi connectivity index (χ3n) is 9.40. The van der Waals surface area contributed by atoms with Crippen LogP contribution < -0.4 is 10.6 Å². The molecule has 4 N–H and O–H groups in total. The zero-order valence-electron chi connectivity index (χ0n) is 20.5. The van der Waals surface area contributed by atoms with E-state index in [0.717, 1.165) is 65.3 Å². The highest BCUT2D eigenvalue weighted by Crippen LogP contribution is 2.47. The molecule has 0 bridgehead atoms. The van der Waals surface area contributed by atoms with Crippen molar-refractivity contribution in [2.24, 2.45) is 11.8 Å². The second-order valence-corrected chi connectivity index (χ2v) is 11.8. The molecule has 6 nitrogen and oxygen atoms in total. The first-order chi connectivity index (χ1) is 18.2. The lowest BCUT2D eigenvalue weighted by atomic mass is 9.89. The summed E-state index contributed by atoms with van der Waals surface area (Å²) in [5.41, 5.74) is 8.07. The summed E-state index contributed by atoms with van der Waals surface area (Å²) in [5, 5.41) is 7.32. The average molecular weight is 493 g/mol. The zero-order chi connectivity index (χ0) is 24.2. The molecule has 3 aliphatic carbocycles. The van der Waals surface area contributed by atoms with Crippen LogP contribution in [0, 0.1) is 17.7 Å². The molecule has 7 heteroatoms. The Morgan fingerprint density at radius 2 is 1.49 bits per heavy atom. The van der Waals surface area contributed by atoms with E-state index in [9.17, 15) is 0 Å². The smallest absolute Gasteiger partial charge is 0.133 e. The van der Waals surface area contributed by atoms with Crippen molar-refractivity contribution >= 4 is 0 Å². The van der Waals surface area contributed by atoms with Crippen molar-refractivity contribution in [2.75, 3.05) is 0 Å². The van der Waals surface area contributed by atoms with E-state index in [-0.39, 0.29) is 11.9 Å². The standard InChI is InChI=1S/C30H29FN6/c31-21-8-15(2-5-20(21)27-13-32-29(36-27)25-11-17-9-23(17)33-25)14-1-4-19-16(7-14)3-6-22-28(19)37-30(35-22)26-12-18-10-24(18)34-26/h1-2,4-5,7-8,13,17-18,23-26,33-34H,3,6,9-12H2,(H,32,36)(H,35,37)/t17-,18-,23-,24-,25+,26+/m1/s1. The summed E-state index contributed by atoms with van der Waals surface area (Å²) in [6.07, 6.45) is 8.62. The molecular weight excluding hydrogens is 463 g/mol. The van der Waals surface area contributed by atoms with Crippen molar-refractivity contribution in [3.8, 4) is 33.6 Å². The number of nitrogens with one attached hydrogen (secondary N) is 4. The fourth-order valence-electron chi connectivity index (χ4n) is 7.10. The number of fused-ring (bicyclic) bond motifs is 5. The molecule has 6 atom stereocenters. The fraction of sp³-hybridized carbons (Fsp3) is 0.400. The maximum Gasteiger partial charge on any atom is 0.133 e. The number of H-pyrrole nitrogens is 2. The number of benzene rings is 2. The Labute approximate surface area is 214 Å². The Kier molecular flexibility index (Phi) is 4.14. The predicted molar refractivity (Wildman–Crippen MR) is 139 cm³/mol. The van der Waals surface area contributed by atoms with Gasteiger partial charge in [0.15, 0.2) is 0 Å². The second-order valence-electron chi connectivity index (χ2n) is 11.8. The van der Waals surface area contributed by atoms with E-state index in [1.165, 1.54) is 36.1 Å². The lowest BCUT2D eigenvalue weighted by molar-refractivity contribution is 0.542. The van der Waals surface area contributed by atoms with Crippen molar-refractivity contribution in [2.45, 2.75) is 62.7 Å².